The molecule has 0 atom stereocenters. The van der Waals surface area contributed by atoms with Gasteiger partial charge in [-0.3, -0.25) is 0 Å². The first-order valence-electron chi connectivity index (χ1n) is 7.22. The Bertz CT molecular complexity index is 371. The average Bonchev–Trinajstić information content (AvgIpc) is 3.22. The van der Waals surface area contributed by atoms with Gasteiger partial charge >= 0.3 is 0 Å². The molecule has 0 saturated heterocycles. The van der Waals surface area contributed by atoms with Crippen LogP contribution in [0.2, 0.25) is 0 Å². The van der Waals surface area contributed by atoms with Crippen LogP contribution in [-0.4, -0.2) is 13.7 Å². The molecule has 0 aromatic heterocycles. The van der Waals surface area contributed by atoms with Crippen molar-refractivity contribution in [1.29, 1.82) is 0 Å². The van der Waals surface area contributed by atoms with E-state index in [1.807, 2.05) is 0 Å². The summed E-state index contributed by atoms with van der Waals surface area (Å²) in [5.41, 5.74) is 2.81. The first-order chi connectivity index (χ1) is 8.83. The predicted molar refractivity (Wildman–Crippen MR) is 76.2 cm³/mol. The summed E-state index contributed by atoms with van der Waals surface area (Å²) in [5.74, 6) is 1.80. The minimum absolute atomic E-state index is 0.791. The summed E-state index contributed by atoms with van der Waals surface area (Å²) in [4.78, 5) is 0. The van der Waals surface area contributed by atoms with Crippen LogP contribution >= 0.6 is 0 Å². The Kier molecular flexibility index (Phi) is 5.06. The van der Waals surface area contributed by atoms with Gasteiger partial charge in [-0.2, -0.15) is 0 Å². The third kappa shape index (κ3) is 4.02. The molecule has 1 aliphatic carbocycles. The summed E-state index contributed by atoms with van der Waals surface area (Å²) in [7, 11) is 1.75. The lowest BCUT2D eigenvalue weighted by atomic mass is 10.1. The fourth-order valence-electron chi connectivity index (χ4n) is 2.29. The van der Waals surface area contributed by atoms with Crippen molar-refractivity contribution in [3.05, 3.63) is 29.3 Å². The molecule has 1 aromatic rings. The smallest absolute Gasteiger partial charge is 0.119 e. The van der Waals surface area contributed by atoms with E-state index in [0.29, 0.717) is 0 Å². The molecule has 1 aromatic carbocycles. The Labute approximate surface area is 111 Å². The molecule has 0 unspecified atom stereocenters. The number of ether oxygens (including phenoxy) is 1. The summed E-state index contributed by atoms with van der Waals surface area (Å²) in [6.07, 6.45) is 6.56. The van der Waals surface area contributed by atoms with Gasteiger partial charge in [0.15, 0.2) is 0 Å². The lowest BCUT2D eigenvalue weighted by molar-refractivity contribution is 0.413. The number of unbranched alkanes of at least 4 members (excludes halogenated alkanes) is 2. The molecule has 18 heavy (non-hydrogen) atoms. The van der Waals surface area contributed by atoms with Crippen LogP contribution in [0.4, 0.5) is 0 Å². The number of rotatable bonds is 8. The average molecular weight is 247 g/mol. The maximum atomic E-state index is 5.39. The summed E-state index contributed by atoms with van der Waals surface area (Å²) in [6.45, 7) is 4.31. The molecular formula is C16H25NO. The van der Waals surface area contributed by atoms with Gasteiger partial charge in [0.05, 0.1) is 7.11 Å². The van der Waals surface area contributed by atoms with E-state index >= 15 is 0 Å². The van der Waals surface area contributed by atoms with Crippen LogP contribution in [-0.2, 0) is 6.54 Å². The third-order valence-electron chi connectivity index (χ3n) is 3.56. The molecule has 100 valence electrons. The molecule has 2 nitrogen and oxygen atoms in total. The normalized spacial score (nSPS) is 14.8. The first kappa shape index (κ1) is 13.4. The minimum atomic E-state index is 0.791. The molecule has 1 fully saturated rings. The van der Waals surface area contributed by atoms with E-state index < -0.39 is 0 Å². The van der Waals surface area contributed by atoms with Gasteiger partial charge in [0.2, 0.25) is 0 Å². The first-order valence-corrected chi connectivity index (χ1v) is 7.22. The van der Waals surface area contributed by atoms with Crippen LogP contribution in [0.5, 0.6) is 5.75 Å². The minimum Gasteiger partial charge on any atom is -0.497 e. The van der Waals surface area contributed by atoms with Gasteiger partial charge in [-0.25, -0.2) is 0 Å². The molecular weight excluding hydrogens is 222 g/mol. The summed E-state index contributed by atoms with van der Waals surface area (Å²) in [6, 6.07) is 6.68. The third-order valence-corrected chi connectivity index (χ3v) is 3.56. The van der Waals surface area contributed by atoms with E-state index in [4.69, 9.17) is 4.74 Å². The summed E-state index contributed by atoms with van der Waals surface area (Å²) < 4.78 is 5.39. The Morgan fingerprint density at radius 2 is 2.06 bits per heavy atom. The van der Waals surface area contributed by atoms with Crippen LogP contribution in [0, 0.1) is 0 Å². The van der Waals surface area contributed by atoms with Crippen LogP contribution < -0.4 is 10.1 Å². The maximum Gasteiger partial charge on any atom is 0.119 e. The molecule has 0 spiro atoms. The number of nitrogens with one attached hydrogen (secondary N) is 1. The van der Waals surface area contributed by atoms with E-state index in [9.17, 15) is 0 Å². The molecule has 0 bridgehead atoms. The van der Waals surface area contributed by atoms with Crippen molar-refractivity contribution >= 4 is 0 Å². The zero-order valence-electron chi connectivity index (χ0n) is 11.7. The van der Waals surface area contributed by atoms with Crippen LogP contribution in [0.25, 0.3) is 0 Å². The van der Waals surface area contributed by atoms with E-state index in [-0.39, 0.29) is 0 Å². The van der Waals surface area contributed by atoms with Gasteiger partial charge in [0, 0.05) is 6.54 Å². The highest BCUT2D eigenvalue weighted by Gasteiger charge is 2.24. The van der Waals surface area contributed by atoms with Crippen molar-refractivity contribution in [2.24, 2.45) is 0 Å². The Morgan fingerprint density at radius 1 is 1.22 bits per heavy atom. The fraction of sp³-hybridized carbons (Fsp3) is 0.625. The molecule has 2 rings (SSSR count). The maximum absolute atomic E-state index is 5.39. The van der Waals surface area contributed by atoms with Gasteiger partial charge in [0.1, 0.15) is 5.75 Å². The van der Waals surface area contributed by atoms with Crippen LogP contribution in [0.3, 0.4) is 0 Å². The SMILES string of the molecule is CCCCCNCc1cc(OC)cc(C2CC2)c1. The van der Waals surface area contributed by atoms with Gasteiger partial charge in [-0.15, -0.1) is 0 Å². The predicted octanol–water partition coefficient (Wildman–Crippen LogP) is 3.85. The second kappa shape index (κ2) is 6.79. The molecule has 0 aliphatic heterocycles. The second-order valence-corrected chi connectivity index (χ2v) is 5.27. The summed E-state index contributed by atoms with van der Waals surface area (Å²) in [5, 5.41) is 3.52. The monoisotopic (exact) mass is 247 g/mol. The molecule has 1 N–H and O–H groups in total. The largest absolute Gasteiger partial charge is 0.497 e. The summed E-state index contributed by atoms with van der Waals surface area (Å²) >= 11 is 0. The Hall–Kier alpha value is -1.02. The van der Waals surface area contributed by atoms with Gasteiger partial charge in [-0.1, -0.05) is 25.8 Å². The number of hydrogen-bond donors (Lipinski definition) is 1. The number of hydrogen-bond acceptors (Lipinski definition) is 2. The van der Waals surface area contributed by atoms with Crippen molar-refractivity contribution < 1.29 is 4.74 Å². The van der Waals surface area contributed by atoms with Crippen molar-refractivity contribution in [3.63, 3.8) is 0 Å². The van der Waals surface area contributed by atoms with Gasteiger partial charge in [-0.05, 0) is 55.0 Å². The highest BCUT2D eigenvalue weighted by Crippen LogP contribution is 2.41. The lowest BCUT2D eigenvalue weighted by Gasteiger charge is -2.09. The molecule has 1 saturated carbocycles. The fourth-order valence-corrected chi connectivity index (χ4v) is 2.29. The highest BCUT2D eigenvalue weighted by molar-refractivity contribution is 5.37. The van der Waals surface area contributed by atoms with E-state index in [0.717, 1.165) is 24.8 Å². The zero-order valence-corrected chi connectivity index (χ0v) is 11.7. The zero-order chi connectivity index (χ0) is 12.8. The quantitative estimate of drug-likeness (QED) is 0.704. The Morgan fingerprint density at radius 3 is 2.72 bits per heavy atom. The van der Waals surface area contributed by atoms with E-state index in [1.165, 1.54) is 43.2 Å². The van der Waals surface area contributed by atoms with Crippen molar-refractivity contribution in [2.75, 3.05) is 13.7 Å². The molecule has 1 aliphatic rings. The Balaban J connectivity index is 1.88. The van der Waals surface area contributed by atoms with Crippen molar-refractivity contribution in [3.8, 4) is 5.75 Å². The highest BCUT2D eigenvalue weighted by atomic mass is 16.5. The number of methoxy groups -OCH3 is 1. The van der Waals surface area contributed by atoms with Crippen LogP contribution in [0.1, 0.15) is 56.1 Å². The second-order valence-electron chi connectivity index (χ2n) is 5.27. The number of benzene rings is 1. The van der Waals surface area contributed by atoms with E-state index in [1.54, 1.807) is 7.11 Å². The van der Waals surface area contributed by atoms with E-state index in [2.05, 4.69) is 30.4 Å². The van der Waals surface area contributed by atoms with Crippen molar-refractivity contribution in [2.45, 2.75) is 51.5 Å². The topological polar surface area (TPSA) is 21.3 Å². The van der Waals surface area contributed by atoms with Crippen LogP contribution in [0.15, 0.2) is 18.2 Å². The molecule has 0 radical (unpaired) electrons. The van der Waals surface area contributed by atoms with Crippen molar-refractivity contribution in [1.82, 2.24) is 5.32 Å². The standard InChI is InChI=1S/C16H25NO/c1-3-4-5-8-17-12-13-9-15(14-6-7-14)11-16(10-13)18-2/h9-11,14,17H,3-8,12H2,1-2H3. The molecule has 2 heteroatoms. The lowest BCUT2D eigenvalue weighted by Crippen LogP contribution is -2.14. The van der Waals surface area contributed by atoms with Gasteiger partial charge < -0.3 is 10.1 Å². The molecule has 0 amide bonds. The molecule has 0 heterocycles. The van der Waals surface area contributed by atoms with Gasteiger partial charge in [0.25, 0.3) is 0 Å².